The molecule has 3 aromatic rings. The van der Waals surface area contributed by atoms with E-state index in [0.29, 0.717) is 27.2 Å². The maximum atomic E-state index is 12.6. The number of carbonyl (C=O) groups excluding carboxylic acids is 2. The van der Waals surface area contributed by atoms with Crippen molar-refractivity contribution < 1.29 is 19.1 Å². The predicted molar refractivity (Wildman–Crippen MR) is 142 cm³/mol. The number of aryl methyl sites for hydroxylation is 1. The number of hydrogen-bond acceptors (Lipinski definition) is 5. The first-order valence-corrected chi connectivity index (χ1v) is 12.7. The average molecular weight is 552 g/mol. The average Bonchev–Trinajstić information content (AvgIpc) is 3.22. The van der Waals surface area contributed by atoms with Crippen LogP contribution in [-0.2, 0) is 9.59 Å². The van der Waals surface area contributed by atoms with Crippen LogP contribution in [0.3, 0.4) is 0 Å². The lowest BCUT2D eigenvalue weighted by atomic mass is 10.1. The van der Waals surface area contributed by atoms with Gasteiger partial charge in [0.2, 0.25) is 5.91 Å². The van der Waals surface area contributed by atoms with Gasteiger partial charge >= 0.3 is 0 Å². The number of benzene rings is 3. The van der Waals surface area contributed by atoms with E-state index in [4.69, 9.17) is 44.3 Å². The molecule has 182 valence electrons. The van der Waals surface area contributed by atoms with Crippen molar-refractivity contribution in [1.82, 2.24) is 0 Å². The molecule has 0 saturated carbocycles. The monoisotopic (exact) mass is 550 g/mol. The number of methoxy groups -OCH3 is 1. The molecular weight excluding hydrogens is 531 g/mol. The van der Waals surface area contributed by atoms with Crippen molar-refractivity contribution in [3.05, 3.63) is 80.8 Å². The van der Waals surface area contributed by atoms with Gasteiger partial charge in [-0.1, -0.05) is 40.9 Å². The quantitative estimate of drug-likeness (QED) is 0.351. The summed E-state index contributed by atoms with van der Waals surface area (Å²) in [7, 11) is 1.49. The minimum Gasteiger partial charge on any atom is -0.493 e. The third kappa shape index (κ3) is 5.81. The number of carbonyl (C=O) groups is 2. The molecule has 1 saturated heterocycles. The predicted octanol–water partition coefficient (Wildman–Crippen LogP) is 6.76. The first kappa shape index (κ1) is 25.5. The van der Waals surface area contributed by atoms with Crippen LogP contribution < -0.4 is 19.7 Å². The third-order valence-electron chi connectivity index (χ3n) is 5.31. The Kier molecular flexibility index (Phi) is 8.02. The van der Waals surface area contributed by atoms with Gasteiger partial charge in [-0.25, -0.2) is 0 Å². The lowest BCUT2D eigenvalue weighted by Gasteiger charge is -2.25. The van der Waals surface area contributed by atoms with Crippen molar-refractivity contribution in [2.75, 3.05) is 29.7 Å². The fraction of sp³-hybridized carbons (Fsp3) is 0.200. The molecule has 0 aliphatic carbocycles. The van der Waals surface area contributed by atoms with E-state index in [1.165, 1.54) is 18.9 Å². The van der Waals surface area contributed by atoms with Crippen LogP contribution in [-0.4, -0.2) is 31.3 Å². The molecule has 0 aromatic heterocycles. The Hall–Kier alpha value is -2.58. The van der Waals surface area contributed by atoms with Crippen molar-refractivity contribution >= 4 is 69.8 Å². The Balaban J connectivity index is 1.51. The zero-order chi connectivity index (χ0) is 25.1. The number of hydrogen-bond donors (Lipinski definition) is 1. The van der Waals surface area contributed by atoms with Crippen LogP contribution >= 0.6 is 46.6 Å². The van der Waals surface area contributed by atoms with Gasteiger partial charge in [-0.15, -0.1) is 11.8 Å². The molecule has 3 aromatic carbocycles. The van der Waals surface area contributed by atoms with E-state index in [9.17, 15) is 9.59 Å². The largest absolute Gasteiger partial charge is 0.493 e. The van der Waals surface area contributed by atoms with E-state index in [-0.39, 0.29) is 34.6 Å². The van der Waals surface area contributed by atoms with Crippen LogP contribution in [0, 0.1) is 6.92 Å². The summed E-state index contributed by atoms with van der Waals surface area (Å²) in [6.07, 6.45) is 0. The minimum absolute atomic E-state index is 0.0226. The van der Waals surface area contributed by atoms with E-state index in [1.54, 1.807) is 53.4 Å². The van der Waals surface area contributed by atoms with Crippen molar-refractivity contribution in [3.8, 4) is 11.5 Å². The van der Waals surface area contributed by atoms with Crippen LogP contribution in [0.5, 0.6) is 11.5 Å². The molecule has 1 fully saturated rings. The van der Waals surface area contributed by atoms with Crippen molar-refractivity contribution in [1.29, 1.82) is 0 Å². The molecule has 1 heterocycles. The van der Waals surface area contributed by atoms with Gasteiger partial charge in [-0.2, -0.15) is 0 Å². The van der Waals surface area contributed by atoms with Gasteiger partial charge in [0.05, 0.1) is 17.9 Å². The van der Waals surface area contributed by atoms with Crippen LogP contribution in [0.4, 0.5) is 11.4 Å². The Morgan fingerprint density at radius 3 is 2.51 bits per heavy atom. The van der Waals surface area contributed by atoms with E-state index < -0.39 is 0 Å². The summed E-state index contributed by atoms with van der Waals surface area (Å²) < 4.78 is 11.2. The molecule has 1 aliphatic rings. The summed E-state index contributed by atoms with van der Waals surface area (Å²) in [6, 6.07) is 15.8. The maximum Gasteiger partial charge on any atom is 0.262 e. The fourth-order valence-electron chi connectivity index (χ4n) is 3.58. The normalized spacial score (nSPS) is 15.3. The number of rotatable bonds is 7. The van der Waals surface area contributed by atoms with Gasteiger partial charge in [0, 0.05) is 21.4 Å². The summed E-state index contributed by atoms with van der Waals surface area (Å²) in [5.41, 5.74) is 2.98. The number of thioether (sulfide) groups is 1. The third-order valence-corrected chi connectivity index (χ3v) is 7.47. The first-order chi connectivity index (χ1) is 16.8. The van der Waals surface area contributed by atoms with Gasteiger partial charge in [-0.05, 0) is 66.6 Å². The molecule has 1 atom stereocenters. The van der Waals surface area contributed by atoms with Crippen molar-refractivity contribution in [2.24, 2.45) is 0 Å². The molecule has 0 bridgehead atoms. The SMILES string of the molecule is COc1cc([C@H]2SCC(=O)N2c2ccc(Cl)cc2)cc(Cl)c1OCC(=O)Nc1ccc(C)c(Cl)c1. The molecule has 4 rings (SSSR count). The molecule has 0 spiro atoms. The highest BCUT2D eigenvalue weighted by atomic mass is 35.5. The zero-order valence-corrected chi connectivity index (χ0v) is 21.9. The molecule has 1 aliphatic heterocycles. The Bertz CT molecular complexity index is 1270. The molecule has 6 nitrogen and oxygen atoms in total. The molecule has 0 radical (unpaired) electrons. The maximum absolute atomic E-state index is 12.6. The number of amides is 2. The molecule has 1 N–H and O–H groups in total. The topological polar surface area (TPSA) is 67.9 Å². The van der Waals surface area contributed by atoms with Crippen LogP contribution in [0.2, 0.25) is 15.1 Å². The van der Waals surface area contributed by atoms with Crippen molar-refractivity contribution in [3.63, 3.8) is 0 Å². The molecule has 2 amide bonds. The summed E-state index contributed by atoms with van der Waals surface area (Å²) in [5, 5.41) is 3.84. The van der Waals surface area contributed by atoms with Gasteiger partial charge in [0.25, 0.3) is 5.91 Å². The van der Waals surface area contributed by atoms with Gasteiger partial charge in [0.15, 0.2) is 18.1 Å². The lowest BCUT2D eigenvalue weighted by Crippen LogP contribution is -2.27. The van der Waals surface area contributed by atoms with Gasteiger partial charge in [-0.3, -0.25) is 14.5 Å². The number of nitrogens with one attached hydrogen (secondary N) is 1. The standard InChI is InChI=1S/C25H21Cl3N2O4S/c1-14-3-6-17(11-19(14)27)29-22(31)12-34-24-20(28)9-15(10-21(24)33-2)25-30(23(32)13-35-25)18-7-4-16(26)5-8-18/h3-11,25H,12-13H2,1-2H3,(H,29,31)/t25-/m1/s1. The molecule has 35 heavy (non-hydrogen) atoms. The lowest BCUT2D eigenvalue weighted by molar-refractivity contribution is -0.118. The summed E-state index contributed by atoms with van der Waals surface area (Å²) in [5.74, 6) is 0.523. The van der Waals surface area contributed by atoms with Crippen LogP contribution in [0.1, 0.15) is 16.5 Å². The van der Waals surface area contributed by atoms with E-state index in [0.717, 1.165) is 16.8 Å². The number of nitrogens with zero attached hydrogens (tertiary/aromatic N) is 1. The number of anilines is 2. The Morgan fingerprint density at radius 1 is 1.09 bits per heavy atom. The molecule has 0 unspecified atom stereocenters. The summed E-state index contributed by atoms with van der Waals surface area (Å²) in [6.45, 7) is 1.60. The number of halogens is 3. The fourth-order valence-corrected chi connectivity index (χ4v) is 5.32. The zero-order valence-electron chi connectivity index (χ0n) is 18.8. The highest BCUT2D eigenvalue weighted by Crippen LogP contribution is 2.46. The Morgan fingerprint density at radius 2 is 1.83 bits per heavy atom. The van der Waals surface area contributed by atoms with Gasteiger partial charge in [0.1, 0.15) is 5.37 Å². The molecule has 10 heteroatoms. The smallest absolute Gasteiger partial charge is 0.262 e. The van der Waals surface area contributed by atoms with Crippen LogP contribution in [0.15, 0.2) is 54.6 Å². The Labute approximate surface area is 222 Å². The second kappa shape index (κ2) is 11.0. The van der Waals surface area contributed by atoms with E-state index in [2.05, 4.69) is 5.32 Å². The van der Waals surface area contributed by atoms with E-state index >= 15 is 0 Å². The van der Waals surface area contributed by atoms with Crippen molar-refractivity contribution in [2.45, 2.75) is 12.3 Å². The van der Waals surface area contributed by atoms with Crippen LogP contribution in [0.25, 0.3) is 0 Å². The minimum atomic E-state index is -0.377. The second-order valence-corrected chi connectivity index (χ2v) is 10.1. The first-order valence-electron chi connectivity index (χ1n) is 10.5. The summed E-state index contributed by atoms with van der Waals surface area (Å²) >= 11 is 20.1. The molecular formula is C25H21Cl3N2O4S. The van der Waals surface area contributed by atoms with Gasteiger partial charge < -0.3 is 14.8 Å². The van der Waals surface area contributed by atoms with E-state index in [1.807, 2.05) is 13.0 Å². The highest BCUT2D eigenvalue weighted by Gasteiger charge is 2.35. The number of ether oxygens (including phenoxy) is 2. The summed E-state index contributed by atoms with van der Waals surface area (Å²) in [4.78, 5) is 26.8. The highest BCUT2D eigenvalue weighted by molar-refractivity contribution is 8.00. The second-order valence-electron chi connectivity index (χ2n) is 7.74.